The zero-order valence-corrected chi connectivity index (χ0v) is 13.7. The van der Waals surface area contributed by atoms with Crippen molar-refractivity contribution in [3.05, 3.63) is 42.2 Å². The monoisotopic (exact) mass is 342 g/mol. The van der Waals surface area contributed by atoms with E-state index >= 15 is 0 Å². The first-order chi connectivity index (χ1) is 12.2. The van der Waals surface area contributed by atoms with Crippen LogP contribution in [0.4, 0.5) is 15.9 Å². The minimum absolute atomic E-state index is 0.161. The fraction of sp³-hybridized carbons (Fsp3) is 0.353. The summed E-state index contributed by atoms with van der Waals surface area (Å²) >= 11 is 0. The highest BCUT2D eigenvalue weighted by Crippen LogP contribution is 2.28. The normalized spacial score (nSPS) is 17.7. The maximum Gasteiger partial charge on any atom is 0.312 e. The third kappa shape index (κ3) is 3.12. The number of hydrogen-bond donors (Lipinski definition) is 2. The molecule has 1 unspecified atom stereocenters. The molecular formula is C17H19FN6O. The number of hydrogen-bond acceptors (Lipinski definition) is 6. The number of benzene rings is 1. The molecule has 1 fully saturated rings. The van der Waals surface area contributed by atoms with E-state index < -0.39 is 6.08 Å². The molecule has 0 radical (unpaired) electrons. The van der Waals surface area contributed by atoms with E-state index in [0.717, 1.165) is 24.8 Å². The molecule has 0 aliphatic carbocycles. The average Bonchev–Trinajstić information content (AvgIpc) is 3.05. The topological polar surface area (TPSA) is 90.9 Å². The van der Waals surface area contributed by atoms with Crippen LogP contribution in [0.1, 0.15) is 31.1 Å². The number of rotatable bonds is 4. The van der Waals surface area contributed by atoms with Crippen molar-refractivity contribution in [2.24, 2.45) is 0 Å². The van der Waals surface area contributed by atoms with Gasteiger partial charge in [-0.3, -0.25) is 4.57 Å². The van der Waals surface area contributed by atoms with Crippen LogP contribution in [0.5, 0.6) is 0 Å². The van der Waals surface area contributed by atoms with Crippen molar-refractivity contribution < 1.29 is 9.13 Å². The highest BCUT2D eigenvalue weighted by Gasteiger charge is 2.21. The molecule has 1 atom stereocenters. The maximum atomic E-state index is 14.0. The maximum absolute atomic E-state index is 14.0. The van der Waals surface area contributed by atoms with E-state index in [1.807, 2.05) is 24.3 Å². The standard InChI is InChI=1S/C17H19FN6O/c18-17-22-15(20-9-11-5-1-2-6-12(11)19)14-16(23-17)24(10-21-14)13-7-3-4-8-25-13/h1-2,5-6,10,13H,3-4,7-9,19H2,(H,20,22,23). The third-order valence-corrected chi connectivity index (χ3v) is 4.36. The van der Waals surface area contributed by atoms with Crippen LogP contribution in [-0.2, 0) is 11.3 Å². The van der Waals surface area contributed by atoms with E-state index in [0.29, 0.717) is 35.8 Å². The smallest absolute Gasteiger partial charge is 0.312 e. The van der Waals surface area contributed by atoms with Crippen molar-refractivity contribution in [1.29, 1.82) is 0 Å². The van der Waals surface area contributed by atoms with Gasteiger partial charge in [0.05, 0.1) is 6.33 Å². The molecule has 25 heavy (non-hydrogen) atoms. The van der Waals surface area contributed by atoms with Gasteiger partial charge in [0.25, 0.3) is 0 Å². The number of anilines is 2. The summed E-state index contributed by atoms with van der Waals surface area (Å²) in [5.41, 5.74) is 8.47. The molecule has 0 spiro atoms. The van der Waals surface area contributed by atoms with Crippen molar-refractivity contribution in [3.8, 4) is 0 Å². The summed E-state index contributed by atoms with van der Waals surface area (Å²) in [7, 11) is 0. The summed E-state index contributed by atoms with van der Waals surface area (Å²) in [6, 6.07) is 7.50. The Bertz CT molecular complexity index is 890. The molecule has 3 heterocycles. The molecule has 130 valence electrons. The molecule has 1 aliphatic heterocycles. The fourth-order valence-electron chi connectivity index (χ4n) is 3.04. The molecule has 1 saturated heterocycles. The van der Waals surface area contributed by atoms with E-state index in [9.17, 15) is 4.39 Å². The van der Waals surface area contributed by atoms with Crippen LogP contribution in [0.3, 0.4) is 0 Å². The predicted octanol–water partition coefficient (Wildman–Crippen LogP) is 2.86. The molecule has 0 bridgehead atoms. The van der Waals surface area contributed by atoms with Gasteiger partial charge in [-0.05, 0) is 30.9 Å². The SMILES string of the molecule is Nc1ccccc1CNc1nc(F)nc2c1ncn2C1CCCCO1. The Morgan fingerprint density at radius 3 is 2.96 bits per heavy atom. The molecule has 7 nitrogen and oxygen atoms in total. The fourth-order valence-corrected chi connectivity index (χ4v) is 3.04. The first-order valence-electron chi connectivity index (χ1n) is 8.31. The highest BCUT2D eigenvalue weighted by atomic mass is 19.1. The molecule has 3 aromatic rings. The summed E-state index contributed by atoms with van der Waals surface area (Å²) in [5, 5.41) is 3.11. The first kappa shape index (κ1) is 15.8. The van der Waals surface area contributed by atoms with Gasteiger partial charge >= 0.3 is 6.08 Å². The molecule has 8 heteroatoms. The molecule has 1 aliphatic rings. The Balaban J connectivity index is 1.65. The summed E-state index contributed by atoms with van der Waals surface area (Å²) in [6.45, 7) is 1.11. The number of nitrogens with one attached hydrogen (secondary N) is 1. The Morgan fingerprint density at radius 1 is 1.28 bits per heavy atom. The van der Waals surface area contributed by atoms with Crippen molar-refractivity contribution in [2.45, 2.75) is 32.0 Å². The average molecular weight is 342 g/mol. The summed E-state index contributed by atoms with van der Waals surface area (Å²) in [6.07, 6.45) is 3.64. The number of para-hydroxylation sites is 1. The molecular weight excluding hydrogens is 323 g/mol. The van der Waals surface area contributed by atoms with Gasteiger partial charge in [-0.15, -0.1) is 0 Å². The number of nitrogens with two attached hydrogens (primary N) is 1. The van der Waals surface area contributed by atoms with Crippen LogP contribution in [0.25, 0.3) is 11.2 Å². The lowest BCUT2D eigenvalue weighted by atomic mass is 10.2. The molecule has 1 aromatic carbocycles. The molecule has 0 saturated carbocycles. The minimum Gasteiger partial charge on any atom is -0.398 e. The number of fused-ring (bicyclic) bond motifs is 1. The Kier molecular flexibility index (Phi) is 4.19. The largest absolute Gasteiger partial charge is 0.398 e. The quantitative estimate of drug-likeness (QED) is 0.560. The number of nitrogen functional groups attached to an aromatic ring is 1. The Morgan fingerprint density at radius 2 is 2.16 bits per heavy atom. The zero-order valence-electron chi connectivity index (χ0n) is 13.7. The van der Waals surface area contributed by atoms with E-state index in [1.54, 1.807) is 10.9 Å². The van der Waals surface area contributed by atoms with Crippen LogP contribution in [-0.4, -0.2) is 26.1 Å². The van der Waals surface area contributed by atoms with Crippen molar-refractivity contribution in [1.82, 2.24) is 19.5 Å². The van der Waals surface area contributed by atoms with E-state index in [4.69, 9.17) is 10.5 Å². The van der Waals surface area contributed by atoms with Gasteiger partial charge < -0.3 is 15.8 Å². The molecule has 3 N–H and O–H groups in total. The molecule has 0 amide bonds. The Hall–Kier alpha value is -2.74. The lowest BCUT2D eigenvalue weighted by Crippen LogP contribution is -2.18. The number of halogens is 1. The lowest BCUT2D eigenvalue weighted by Gasteiger charge is -2.23. The summed E-state index contributed by atoms with van der Waals surface area (Å²) < 4.78 is 21.5. The number of aromatic nitrogens is 4. The van der Waals surface area contributed by atoms with Crippen LogP contribution in [0, 0.1) is 6.08 Å². The van der Waals surface area contributed by atoms with Crippen LogP contribution < -0.4 is 11.1 Å². The van der Waals surface area contributed by atoms with Gasteiger partial charge in [0.15, 0.2) is 17.0 Å². The van der Waals surface area contributed by atoms with Gasteiger partial charge in [0.2, 0.25) is 0 Å². The Labute approximate surface area is 144 Å². The second-order valence-corrected chi connectivity index (χ2v) is 6.04. The minimum atomic E-state index is -0.798. The van der Waals surface area contributed by atoms with Crippen molar-refractivity contribution >= 4 is 22.7 Å². The number of imidazole rings is 1. The number of ether oxygens (including phenoxy) is 1. The van der Waals surface area contributed by atoms with Gasteiger partial charge in [-0.1, -0.05) is 18.2 Å². The number of nitrogens with zero attached hydrogens (tertiary/aromatic N) is 4. The van der Waals surface area contributed by atoms with Gasteiger partial charge in [-0.2, -0.15) is 14.4 Å². The van der Waals surface area contributed by atoms with Crippen molar-refractivity contribution in [2.75, 3.05) is 17.7 Å². The van der Waals surface area contributed by atoms with E-state index in [2.05, 4.69) is 20.3 Å². The second kappa shape index (κ2) is 6.64. The lowest BCUT2D eigenvalue weighted by molar-refractivity contribution is -0.0298. The van der Waals surface area contributed by atoms with Gasteiger partial charge in [0, 0.05) is 18.8 Å². The second-order valence-electron chi connectivity index (χ2n) is 6.04. The van der Waals surface area contributed by atoms with Crippen LogP contribution in [0.2, 0.25) is 0 Å². The van der Waals surface area contributed by atoms with Crippen molar-refractivity contribution in [3.63, 3.8) is 0 Å². The van der Waals surface area contributed by atoms with Gasteiger partial charge in [0.1, 0.15) is 6.23 Å². The molecule has 4 rings (SSSR count). The summed E-state index contributed by atoms with van der Waals surface area (Å²) in [5.74, 6) is 0.348. The summed E-state index contributed by atoms with van der Waals surface area (Å²) in [4.78, 5) is 12.1. The van der Waals surface area contributed by atoms with E-state index in [-0.39, 0.29) is 6.23 Å². The highest BCUT2D eigenvalue weighted by molar-refractivity contribution is 5.82. The predicted molar refractivity (Wildman–Crippen MR) is 92.3 cm³/mol. The first-order valence-corrected chi connectivity index (χ1v) is 8.31. The van der Waals surface area contributed by atoms with Crippen LogP contribution >= 0.6 is 0 Å². The van der Waals surface area contributed by atoms with Gasteiger partial charge in [-0.25, -0.2) is 4.98 Å². The third-order valence-electron chi connectivity index (χ3n) is 4.36. The molecule has 2 aromatic heterocycles. The van der Waals surface area contributed by atoms with Crippen LogP contribution in [0.15, 0.2) is 30.6 Å². The zero-order chi connectivity index (χ0) is 17.2. The van der Waals surface area contributed by atoms with E-state index in [1.165, 1.54) is 0 Å².